The number of nitrogens with one attached hydrogen (secondary N) is 1. The van der Waals surface area contributed by atoms with E-state index in [0.29, 0.717) is 0 Å². The van der Waals surface area contributed by atoms with Crippen molar-refractivity contribution < 1.29 is 4.90 Å². The van der Waals surface area contributed by atoms with Gasteiger partial charge in [-0.05, 0) is 12.1 Å². The second kappa shape index (κ2) is 6.59. The Morgan fingerprint density at radius 2 is 1.86 bits per heavy atom. The van der Waals surface area contributed by atoms with Gasteiger partial charge in [0.2, 0.25) is 0 Å². The molecule has 1 fully saturated rings. The van der Waals surface area contributed by atoms with Crippen molar-refractivity contribution in [2.45, 2.75) is 6.54 Å². The monoisotopic (exact) mass is 283 g/mol. The fourth-order valence-electron chi connectivity index (χ4n) is 2.74. The number of piperazine rings is 1. The summed E-state index contributed by atoms with van der Waals surface area (Å²) in [6.45, 7) is 5.49. The lowest BCUT2D eigenvalue weighted by Crippen LogP contribution is -3.13. The zero-order valence-electron chi connectivity index (χ0n) is 12.6. The predicted molar refractivity (Wildman–Crippen MR) is 85.4 cm³/mol. The highest BCUT2D eigenvalue weighted by molar-refractivity contribution is 5.77. The molecule has 0 spiro atoms. The zero-order chi connectivity index (χ0) is 14.5. The fraction of sp³-hybridized carbons (Fsp3) is 0.353. The molecule has 0 unspecified atom stereocenters. The number of hydrogen-bond acceptors (Lipinski definition) is 2. The van der Waals surface area contributed by atoms with Crippen LogP contribution in [0.3, 0.4) is 0 Å². The molecule has 2 heterocycles. The van der Waals surface area contributed by atoms with Crippen molar-refractivity contribution in [3.8, 4) is 0 Å². The van der Waals surface area contributed by atoms with E-state index >= 15 is 0 Å². The molecule has 1 aliphatic rings. The minimum Gasteiger partial charge on any atom is -0.350 e. The summed E-state index contributed by atoms with van der Waals surface area (Å²) < 4.78 is 2.08. The number of aromatic nitrogens is 1. The minimum atomic E-state index is 1.03. The smallest absolute Gasteiger partial charge is 0.103 e. The first kappa shape index (κ1) is 13.9. The maximum Gasteiger partial charge on any atom is 0.103 e. The molecule has 3 rings (SSSR count). The maximum atomic E-state index is 4.60. The topological polar surface area (TPSA) is 25.0 Å². The van der Waals surface area contributed by atoms with Crippen molar-refractivity contribution in [1.82, 2.24) is 9.58 Å². The van der Waals surface area contributed by atoms with Gasteiger partial charge in [0.05, 0.1) is 38.1 Å². The SMILES string of the molecule is Cn1cccc1C=NN1CC[NH+](Cc2ccccc2)CC1. The molecule has 1 aromatic heterocycles. The number of aryl methyl sites for hydroxylation is 1. The Labute approximate surface area is 126 Å². The zero-order valence-corrected chi connectivity index (χ0v) is 12.6. The molecule has 4 heteroatoms. The van der Waals surface area contributed by atoms with E-state index in [-0.39, 0.29) is 0 Å². The number of hydrazone groups is 1. The number of nitrogens with zero attached hydrogens (tertiary/aromatic N) is 3. The summed E-state index contributed by atoms with van der Waals surface area (Å²) in [5.74, 6) is 0. The molecule has 0 saturated carbocycles. The summed E-state index contributed by atoms with van der Waals surface area (Å²) in [5.41, 5.74) is 2.57. The Hall–Kier alpha value is -2.07. The molecule has 1 aliphatic heterocycles. The van der Waals surface area contributed by atoms with E-state index in [1.54, 1.807) is 4.90 Å². The summed E-state index contributed by atoms with van der Waals surface area (Å²) in [5, 5.41) is 6.78. The molecule has 21 heavy (non-hydrogen) atoms. The minimum absolute atomic E-state index is 1.03. The van der Waals surface area contributed by atoms with Crippen LogP contribution >= 0.6 is 0 Å². The first-order valence-electron chi connectivity index (χ1n) is 7.59. The van der Waals surface area contributed by atoms with Gasteiger partial charge >= 0.3 is 0 Å². The fourth-order valence-corrected chi connectivity index (χ4v) is 2.74. The van der Waals surface area contributed by atoms with Gasteiger partial charge in [0, 0.05) is 18.8 Å². The highest BCUT2D eigenvalue weighted by atomic mass is 15.5. The first-order chi connectivity index (χ1) is 10.3. The van der Waals surface area contributed by atoms with Crippen LogP contribution in [-0.2, 0) is 13.6 Å². The van der Waals surface area contributed by atoms with Crippen LogP contribution in [0.2, 0.25) is 0 Å². The molecule has 4 nitrogen and oxygen atoms in total. The molecule has 110 valence electrons. The van der Waals surface area contributed by atoms with Crippen LogP contribution in [0, 0.1) is 0 Å². The second-order valence-corrected chi connectivity index (χ2v) is 5.65. The maximum absolute atomic E-state index is 4.60. The lowest BCUT2D eigenvalue weighted by molar-refractivity contribution is -0.918. The molecular weight excluding hydrogens is 260 g/mol. The van der Waals surface area contributed by atoms with Gasteiger partial charge in [-0.15, -0.1) is 0 Å². The van der Waals surface area contributed by atoms with Crippen molar-refractivity contribution in [3.63, 3.8) is 0 Å². The van der Waals surface area contributed by atoms with E-state index < -0.39 is 0 Å². The van der Waals surface area contributed by atoms with E-state index in [0.717, 1.165) is 38.4 Å². The Morgan fingerprint density at radius 3 is 2.52 bits per heavy atom. The average Bonchev–Trinajstić information content (AvgIpc) is 2.93. The molecule has 1 aromatic carbocycles. The number of benzene rings is 1. The van der Waals surface area contributed by atoms with Crippen LogP contribution in [0.15, 0.2) is 53.8 Å². The second-order valence-electron chi connectivity index (χ2n) is 5.65. The van der Waals surface area contributed by atoms with Gasteiger partial charge in [-0.2, -0.15) is 5.10 Å². The third-order valence-electron chi connectivity index (χ3n) is 4.08. The molecule has 0 amide bonds. The van der Waals surface area contributed by atoms with Gasteiger partial charge < -0.3 is 9.47 Å². The van der Waals surface area contributed by atoms with E-state index in [9.17, 15) is 0 Å². The van der Waals surface area contributed by atoms with Crippen molar-refractivity contribution >= 4 is 6.21 Å². The molecule has 1 saturated heterocycles. The average molecular weight is 283 g/mol. The van der Waals surface area contributed by atoms with Gasteiger partial charge in [-0.3, -0.25) is 5.01 Å². The lowest BCUT2D eigenvalue weighted by atomic mass is 10.2. The van der Waals surface area contributed by atoms with Crippen molar-refractivity contribution in [1.29, 1.82) is 0 Å². The van der Waals surface area contributed by atoms with Crippen LogP contribution in [0.1, 0.15) is 11.3 Å². The van der Waals surface area contributed by atoms with Gasteiger partial charge in [0.25, 0.3) is 0 Å². The van der Waals surface area contributed by atoms with E-state index in [2.05, 4.69) is 51.1 Å². The summed E-state index contributed by atoms with van der Waals surface area (Å²) >= 11 is 0. The number of hydrogen-bond donors (Lipinski definition) is 1. The molecule has 0 atom stereocenters. The normalized spacial score (nSPS) is 16.7. The predicted octanol–water partition coefficient (Wildman–Crippen LogP) is 0.760. The molecule has 0 radical (unpaired) electrons. The largest absolute Gasteiger partial charge is 0.350 e. The van der Waals surface area contributed by atoms with Gasteiger partial charge in [0.1, 0.15) is 6.54 Å². The van der Waals surface area contributed by atoms with Crippen LogP contribution in [0.4, 0.5) is 0 Å². The Bertz CT molecular complexity index is 580. The molecule has 0 aliphatic carbocycles. The Morgan fingerprint density at radius 1 is 1.10 bits per heavy atom. The number of rotatable bonds is 4. The Balaban J connectivity index is 1.49. The van der Waals surface area contributed by atoms with Gasteiger partial charge in [0.15, 0.2) is 0 Å². The lowest BCUT2D eigenvalue weighted by Gasteiger charge is -2.30. The summed E-state index contributed by atoms with van der Waals surface area (Å²) in [6, 6.07) is 14.9. The van der Waals surface area contributed by atoms with Crippen LogP contribution in [-0.4, -0.2) is 42.0 Å². The van der Waals surface area contributed by atoms with Crippen molar-refractivity contribution in [3.05, 3.63) is 59.9 Å². The third kappa shape index (κ3) is 3.73. The molecule has 2 aromatic rings. The molecule has 1 N–H and O–H groups in total. The van der Waals surface area contributed by atoms with Crippen LogP contribution in [0.5, 0.6) is 0 Å². The van der Waals surface area contributed by atoms with Gasteiger partial charge in [-0.25, -0.2) is 0 Å². The first-order valence-corrected chi connectivity index (χ1v) is 7.59. The quantitative estimate of drug-likeness (QED) is 0.824. The molecular formula is C17H23N4+. The van der Waals surface area contributed by atoms with Crippen molar-refractivity contribution in [2.24, 2.45) is 12.1 Å². The van der Waals surface area contributed by atoms with E-state index in [1.165, 1.54) is 5.56 Å². The van der Waals surface area contributed by atoms with Crippen LogP contribution in [0.25, 0.3) is 0 Å². The highest BCUT2D eigenvalue weighted by Gasteiger charge is 2.18. The van der Waals surface area contributed by atoms with Crippen molar-refractivity contribution in [2.75, 3.05) is 26.2 Å². The summed E-state index contributed by atoms with van der Waals surface area (Å²) in [6.07, 6.45) is 4.01. The highest BCUT2D eigenvalue weighted by Crippen LogP contribution is 1.99. The standard InChI is InChI=1S/C17H22N4/c1-19-9-5-8-17(19)14-18-21-12-10-20(11-13-21)15-16-6-3-2-4-7-16/h2-9,14H,10-13,15H2,1H3/p+1. The summed E-state index contributed by atoms with van der Waals surface area (Å²) in [4.78, 5) is 1.64. The van der Waals surface area contributed by atoms with E-state index in [4.69, 9.17) is 0 Å². The third-order valence-corrected chi connectivity index (χ3v) is 4.08. The van der Waals surface area contributed by atoms with Crippen LogP contribution < -0.4 is 4.90 Å². The van der Waals surface area contributed by atoms with E-state index in [1.807, 2.05) is 25.5 Å². The Kier molecular flexibility index (Phi) is 4.36. The van der Waals surface area contributed by atoms with Gasteiger partial charge in [-0.1, -0.05) is 30.3 Å². The summed E-state index contributed by atoms with van der Waals surface area (Å²) in [7, 11) is 2.04. The molecule has 0 bridgehead atoms. The number of quaternary nitrogens is 1.